The lowest BCUT2D eigenvalue weighted by Gasteiger charge is -2.12. The summed E-state index contributed by atoms with van der Waals surface area (Å²) in [5.74, 6) is 0. The zero-order chi connectivity index (χ0) is 6.20. The lowest BCUT2D eigenvalue weighted by atomic mass is 10.4. The van der Waals surface area contributed by atoms with E-state index < -0.39 is 11.3 Å². The van der Waals surface area contributed by atoms with Crippen LogP contribution in [0.3, 0.4) is 0 Å². The Morgan fingerprint density at radius 3 is 2.38 bits per heavy atom. The summed E-state index contributed by atoms with van der Waals surface area (Å²) in [7, 11) is 0. The molecule has 8 heavy (non-hydrogen) atoms. The van der Waals surface area contributed by atoms with Gasteiger partial charge in [0.1, 0.15) is 0 Å². The molecule has 1 aliphatic carbocycles. The van der Waals surface area contributed by atoms with Gasteiger partial charge in [-0.1, -0.05) is 0 Å². The van der Waals surface area contributed by atoms with Crippen LogP contribution in [0.25, 0.3) is 0 Å². The van der Waals surface area contributed by atoms with Crippen molar-refractivity contribution in [2.45, 2.75) is 25.3 Å². The first kappa shape index (κ1) is 6.19. The van der Waals surface area contributed by atoms with Crippen LogP contribution in [0.2, 0.25) is 0 Å². The van der Waals surface area contributed by atoms with Crippen molar-refractivity contribution < 1.29 is 8.76 Å². The highest BCUT2D eigenvalue weighted by Gasteiger charge is 2.36. The van der Waals surface area contributed by atoms with E-state index in [9.17, 15) is 8.76 Å². The molecule has 1 N–H and O–H groups in total. The minimum atomic E-state index is -2.07. The smallest absolute Gasteiger partial charge is 0.0268 e. The monoisotopic (exact) mass is 134 g/mol. The molecule has 0 bridgehead atoms. The summed E-state index contributed by atoms with van der Waals surface area (Å²) in [6.07, 6.45) is 1.95. The Morgan fingerprint density at radius 1 is 1.75 bits per heavy atom. The quantitative estimate of drug-likeness (QED) is 0.537. The van der Waals surface area contributed by atoms with Gasteiger partial charge in [-0.2, -0.15) is 0 Å². The fourth-order valence-electron chi connectivity index (χ4n) is 0.491. The number of rotatable bonds is 2. The maximum absolute atomic E-state index is 9.94. The maximum atomic E-state index is 9.94. The Labute approximate surface area is 50.9 Å². The molecule has 0 heterocycles. The molecule has 0 spiro atoms. The Kier molecular flexibility index (Phi) is 1.38. The molecular weight excluding hydrogens is 126 g/mol. The maximum Gasteiger partial charge on any atom is 0.0268 e. The van der Waals surface area contributed by atoms with Crippen molar-refractivity contribution in [3.63, 3.8) is 0 Å². The Morgan fingerprint density at radius 2 is 2.25 bits per heavy atom. The van der Waals surface area contributed by atoms with Crippen LogP contribution < -0.4 is 4.72 Å². The first-order chi connectivity index (χ1) is 3.62. The molecule has 0 saturated heterocycles. The third-order valence-corrected chi connectivity index (χ3v) is 1.99. The van der Waals surface area contributed by atoms with Crippen LogP contribution in [0, 0.1) is 0 Å². The first-order valence-corrected chi connectivity index (χ1v) is 3.57. The molecule has 0 aromatic heterocycles. The zero-order valence-electron chi connectivity index (χ0n) is 4.64. The lowest BCUT2D eigenvalue weighted by Crippen LogP contribution is -2.29. The van der Waals surface area contributed by atoms with E-state index in [0.29, 0.717) is 0 Å². The van der Waals surface area contributed by atoms with Gasteiger partial charge in [-0.15, -0.1) is 0 Å². The Balaban J connectivity index is 2.29. The highest BCUT2D eigenvalue weighted by atomic mass is 32.2. The van der Waals surface area contributed by atoms with E-state index in [0.717, 1.165) is 12.8 Å². The van der Waals surface area contributed by atoms with Crippen molar-refractivity contribution in [1.82, 2.24) is 4.72 Å². The number of hydrogen-bond acceptors (Lipinski definition) is 2. The molecule has 1 saturated carbocycles. The summed E-state index contributed by atoms with van der Waals surface area (Å²) in [6.45, 7) is 1.89. The van der Waals surface area contributed by atoms with Crippen LogP contribution in [0.5, 0.6) is 0 Å². The number of hydrogen-bond donors (Lipinski definition) is 1. The SMILES string of the molecule is CC1(NS(=O)[O-])CC1. The predicted molar refractivity (Wildman–Crippen MR) is 29.7 cm³/mol. The summed E-state index contributed by atoms with van der Waals surface area (Å²) in [5, 5.41) is 0. The van der Waals surface area contributed by atoms with Gasteiger partial charge in [-0.3, -0.25) is 4.21 Å². The molecule has 1 rings (SSSR count). The summed E-state index contributed by atoms with van der Waals surface area (Å²) in [6, 6.07) is 0. The molecule has 1 atom stereocenters. The largest absolute Gasteiger partial charge is 0.760 e. The van der Waals surface area contributed by atoms with Crippen molar-refractivity contribution in [3.8, 4) is 0 Å². The number of nitrogens with one attached hydrogen (secondary N) is 1. The molecule has 1 aliphatic rings. The Hall–Kier alpha value is 0.0700. The summed E-state index contributed by atoms with van der Waals surface area (Å²) in [5.41, 5.74) is -0.0907. The second-order valence-electron chi connectivity index (χ2n) is 2.40. The highest BCUT2D eigenvalue weighted by Crippen LogP contribution is 2.34. The van der Waals surface area contributed by atoms with Crippen LogP contribution in [-0.4, -0.2) is 14.3 Å². The van der Waals surface area contributed by atoms with Crippen LogP contribution in [0.15, 0.2) is 0 Å². The van der Waals surface area contributed by atoms with E-state index >= 15 is 0 Å². The van der Waals surface area contributed by atoms with E-state index in [1.807, 2.05) is 6.92 Å². The minimum absolute atomic E-state index is 0.0907. The summed E-state index contributed by atoms with van der Waals surface area (Å²) < 4.78 is 22.3. The first-order valence-electron chi connectivity index (χ1n) is 2.49. The summed E-state index contributed by atoms with van der Waals surface area (Å²) in [4.78, 5) is 0. The predicted octanol–water partition coefficient (Wildman–Crippen LogP) is -0.0774. The molecule has 3 nitrogen and oxygen atoms in total. The molecule has 4 heteroatoms. The van der Waals surface area contributed by atoms with Gasteiger partial charge in [0.15, 0.2) is 0 Å². The summed E-state index contributed by atoms with van der Waals surface area (Å²) >= 11 is -2.07. The van der Waals surface area contributed by atoms with Crippen molar-refractivity contribution >= 4 is 11.3 Å². The molecule has 0 radical (unpaired) electrons. The van der Waals surface area contributed by atoms with E-state index in [-0.39, 0.29) is 5.54 Å². The molecule has 0 amide bonds. The highest BCUT2D eigenvalue weighted by molar-refractivity contribution is 7.77. The molecule has 0 aromatic carbocycles. The fraction of sp³-hybridized carbons (Fsp3) is 1.00. The van der Waals surface area contributed by atoms with Crippen molar-refractivity contribution in [1.29, 1.82) is 0 Å². The molecule has 0 aromatic rings. The third kappa shape index (κ3) is 1.54. The topological polar surface area (TPSA) is 52.2 Å². The molecular formula is C4H8NO2S-. The van der Waals surface area contributed by atoms with Gasteiger partial charge in [0, 0.05) is 16.8 Å². The average molecular weight is 134 g/mol. The molecule has 48 valence electrons. The third-order valence-electron chi connectivity index (χ3n) is 1.33. The van der Waals surface area contributed by atoms with Crippen LogP contribution >= 0.6 is 0 Å². The fourth-order valence-corrected chi connectivity index (χ4v) is 1.10. The second-order valence-corrected chi connectivity index (χ2v) is 3.07. The second kappa shape index (κ2) is 1.79. The van der Waals surface area contributed by atoms with Gasteiger partial charge in [-0.25, -0.2) is 4.72 Å². The Bertz CT molecular complexity index is 121. The van der Waals surface area contributed by atoms with Gasteiger partial charge in [-0.05, 0) is 19.8 Å². The van der Waals surface area contributed by atoms with Gasteiger partial charge in [0.25, 0.3) is 0 Å². The van der Waals surface area contributed by atoms with E-state index in [1.54, 1.807) is 0 Å². The molecule has 0 aliphatic heterocycles. The van der Waals surface area contributed by atoms with E-state index in [4.69, 9.17) is 0 Å². The van der Waals surface area contributed by atoms with Gasteiger partial charge in [0.2, 0.25) is 0 Å². The van der Waals surface area contributed by atoms with Gasteiger partial charge >= 0.3 is 0 Å². The van der Waals surface area contributed by atoms with Gasteiger partial charge in [0.05, 0.1) is 0 Å². The van der Waals surface area contributed by atoms with Crippen LogP contribution in [0.4, 0.5) is 0 Å². The van der Waals surface area contributed by atoms with Crippen LogP contribution in [0.1, 0.15) is 19.8 Å². The molecule has 1 fully saturated rings. The van der Waals surface area contributed by atoms with Gasteiger partial charge < -0.3 is 4.55 Å². The normalized spacial score (nSPS) is 27.2. The van der Waals surface area contributed by atoms with Crippen molar-refractivity contribution in [3.05, 3.63) is 0 Å². The van der Waals surface area contributed by atoms with Crippen molar-refractivity contribution in [2.24, 2.45) is 0 Å². The standard InChI is InChI=1S/C4H9NO2S/c1-4(2-3-4)5-8(6)7/h5H,2-3H2,1H3,(H,6,7)/p-1. The zero-order valence-corrected chi connectivity index (χ0v) is 5.46. The van der Waals surface area contributed by atoms with Crippen molar-refractivity contribution in [2.75, 3.05) is 0 Å². The lowest BCUT2D eigenvalue weighted by molar-refractivity contribution is 0.506. The molecule has 1 unspecified atom stereocenters. The van der Waals surface area contributed by atoms with E-state index in [2.05, 4.69) is 4.72 Å². The van der Waals surface area contributed by atoms with E-state index in [1.165, 1.54) is 0 Å². The minimum Gasteiger partial charge on any atom is -0.760 e. The average Bonchev–Trinajstić information content (AvgIpc) is 2.17. The van der Waals surface area contributed by atoms with Crippen LogP contribution in [-0.2, 0) is 11.3 Å².